The lowest BCUT2D eigenvalue weighted by Crippen LogP contribution is -2.22. The van der Waals surface area contributed by atoms with E-state index in [4.69, 9.17) is 0 Å². The summed E-state index contributed by atoms with van der Waals surface area (Å²) in [6.45, 7) is 3.44. The number of hydrogen-bond acceptors (Lipinski definition) is 4. The van der Waals surface area contributed by atoms with Gasteiger partial charge in [-0.15, -0.1) is 0 Å². The molecule has 0 aromatic heterocycles. The molecule has 0 spiro atoms. The van der Waals surface area contributed by atoms with Crippen LogP contribution in [0.25, 0.3) is 0 Å². The molecule has 0 aliphatic carbocycles. The van der Waals surface area contributed by atoms with Crippen LogP contribution in [0.3, 0.4) is 0 Å². The minimum absolute atomic E-state index is 0.0540. The van der Waals surface area contributed by atoms with Crippen molar-refractivity contribution in [2.24, 2.45) is 0 Å². The molecule has 0 unspecified atom stereocenters. The third-order valence-corrected chi connectivity index (χ3v) is 3.54. The van der Waals surface area contributed by atoms with Gasteiger partial charge in [-0.25, -0.2) is 0 Å². The summed E-state index contributed by atoms with van der Waals surface area (Å²) in [4.78, 5) is 34.9. The van der Waals surface area contributed by atoms with Gasteiger partial charge in [0.15, 0.2) is 0 Å². The van der Waals surface area contributed by atoms with Crippen molar-refractivity contribution in [2.75, 3.05) is 27.8 Å². The molecule has 7 nitrogen and oxygen atoms in total. The molecular formula is C20H24N4O3. The molecule has 0 heterocycles. The molecule has 2 aromatic rings. The summed E-state index contributed by atoms with van der Waals surface area (Å²) in [6, 6.07) is 14.1. The van der Waals surface area contributed by atoms with Crippen molar-refractivity contribution in [2.45, 2.75) is 26.7 Å². The SMILES string of the molecule is CCCC(=O)Nc1cccc(NC(=O)CNc2cccc(NC(C)=O)c2)c1. The maximum Gasteiger partial charge on any atom is 0.243 e. The third kappa shape index (κ3) is 7.19. The van der Waals surface area contributed by atoms with Crippen molar-refractivity contribution in [1.29, 1.82) is 0 Å². The second-order valence-corrected chi connectivity index (χ2v) is 6.04. The zero-order chi connectivity index (χ0) is 19.6. The maximum atomic E-state index is 12.2. The van der Waals surface area contributed by atoms with Gasteiger partial charge < -0.3 is 21.3 Å². The van der Waals surface area contributed by atoms with Crippen LogP contribution in [0, 0.1) is 0 Å². The van der Waals surface area contributed by atoms with E-state index >= 15 is 0 Å². The van der Waals surface area contributed by atoms with E-state index in [1.165, 1.54) is 6.92 Å². The van der Waals surface area contributed by atoms with E-state index in [0.717, 1.165) is 12.1 Å². The van der Waals surface area contributed by atoms with Gasteiger partial charge in [-0.2, -0.15) is 0 Å². The highest BCUT2D eigenvalue weighted by atomic mass is 16.2. The number of amides is 3. The van der Waals surface area contributed by atoms with Crippen molar-refractivity contribution in [3.8, 4) is 0 Å². The van der Waals surface area contributed by atoms with E-state index in [1.54, 1.807) is 42.5 Å². The average molecular weight is 368 g/mol. The number of anilines is 4. The van der Waals surface area contributed by atoms with Crippen LogP contribution in [-0.2, 0) is 14.4 Å². The first kappa shape index (κ1) is 20.0. The highest BCUT2D eigenvalue weighted by molar-refractivity contribution is 5.96. The van der Waals surface area contributed by atoms with Gasteiger partial charge in [0, 0.05) is 36.1 Å². The van der Waals surface area contributed by atoms with Crippen LogP contribution in [0.5, 0.6) is 0 Å². The first-order valence-electron chi connectivity index (χ1n) is 8.77. The molecule has 2 aromatic carbocycles. The van der Waals surface area contributed by atoms with Gasteiger partial charge in [-0.05, 0) is 42.8 Å². The van der Waals surface area contributed by atoms with Gasteiger partial charge in [0.2, 0.25) is 17.7 Å². The second kappa shape index (κ2) is 9.96. The van der Waals surface area contributed by atoms with Crippen LogP contribution < -0.4 is 21.3 Å². The van der Waals surface area contributed by atoms with Crippen molar-refractivity contribution in [3.63, 3.8) is 0 Å². The standard InChI is InChI=1S/C20H24N4O3/c1-3-6-19(26)23-17-9-5-10-18(12-17)24-20(27)13-21-15-7-4-8-16(11-15)22-14(2)25/h4-5,7-12,21H,3,6,13H2,1-2H3,(H,22,25)(H,23,26)(H,24,27). The lowest BCUT2D eigenvalue weighted by atomic mass is 10.2. The Kier molecular flexibility index (Phi) is 7.37. The van der Waals surface area contributed by atoms with Crippen molar-refractivity contribution in [3.05, 3.63) is 48.5 Å². The second-order valence-electron chi connectivity index (χ2n) is 6.04. The van der Waals surface area contributed by atoms with Gasteiger partial charge in [0.1, 0.15) is 0 Å². The fraction of sp³-hybridized carbons (Fsp3) is 0.250. The summed E-state index contributed by atoms with van der Waals surface area (Å²) in [7, 11) is 0. The normalized spacial score (nSPS) is 10.0. The molecule has 0 fully saturated rings. The van der Waals surface area contributed by atoms with Crippen LogP contribution >= 0.6 is 0 Å². The lowest BCUT2D eigenvalue weighted by Gasteiger charge is -2.11. The first-order valence-corrected chi connectivity index (χ1v) is 8.77. The van der Waals surface area contributed by atoms with Gasteiger partial charge in [0.05, 0.1) is 6.54 Å². The molecule has 0 aliphatic rings. The van der Waals surface area contributed by atoms with Crippen LogP contribution in [0.2, 0.25) is 0 Å². The monoisotopic (exact) mass is 368 g/mol. The van der Waals surface area contributed by atoms with E-state index in [0.29, 0.717) is 23.5 Å². The Morgan fingerprint density at radius 1 is 0.778 bits per heavy atom. The maximum absolute atomic E-state index is 12.2. The summed E-state index contributed by atoms with van der Waals surface area (Å²) in [6.07, 6.45) is 1.23. The van der Waals surface area contributed by atoms with Gasteiger partial charge in [0.25, 0.3) is 0 Å². The summed E-state index contributed by atoms with van der Waals surface area (Å²) >= 11 is 0. The van der Waals surface area contributed by atoms with Crippen molar-refractivity contribution in [1.82, 2.24) is 0 Å². The van der Waals surface area contributed by atoms with Crippen LogP contribution in [0.15, 0.2) is 48.5 Å². The molecule has 4 N–H and O–H groups in total. The topological polar surface area (TPSA) is 99.3 Å². The fourth-order valence-corrected chi connectivity index (χ4v) is 2.42. The van der Waals surface area contributed by atoms with E-state index in [-0.39, 0.29) is 24.3 Å². The van der Waals surface area contributed by atoms with Crippen LogP contribution in [-0.4, -0.2) is 24.3 Å². The highest BCUT2D eigenvalue weighted by Crippen LogP contribution is 2.17. The summed E-state index contributed by atoms with van der Waals surface area (Å²) in [5.74, 6) is -0.436. The fourth-order valence-electron chi connectivity index (χ4n) is 2.42. The third-order valence-electron chi connectivity index (χ3n) is 3.54. The van der Waals surface area contributed by atoms with Gasteiger partial charge in [-0.1, -0.05) is 19.1 Å². The number of rotatable bonds is 8. The molecule has 27 heavy (non-hydrogen) atoms. The molecule has 3 amide bonds. The van der Waals surface area contributed by atoms with Crippen LogP contribution in [0.4, 0.5) is 22.7 Å². The highest BCUT2D eigenvalue weighted by Gasteiger charge is 2.06. The number of carbonyl (C=O) groups excluding carboxylic acids is 3. The molecule has 7 heteroatoms. The van der Waals surface area contributed by atoms with Gasteiger partial charge >= 0.3 is 0 Å². The summed E-state index contributed by atoms with van der Waals surface area (Å²) in [5.41, 5.74) is 2.62. The van der Waals surface area contributed by atoms with Crippen LogP contribution in [0.1, 0.15) is 26.7 Å². The van der Waals surface area contributed by atoms with E-state index in [2.05, 4.69) is 21.3 Å². The van der Waals surface area contributed by atoms with Crippen molar-refractivity contribution < 1.29 is 14.4 Å². The molecule has 0 aliphatic heterocycles. The average Bonchev–Trinajstić information content (AvgIpc) is 2.60. The van der Waals surface area contributed by atoms with E-state index in [9.17, 15) is 14.4 Å². The predicted molar refractivity (Wildman–Crippen MR) is 108 cm³/mol. The zero-order valence-electron chi connectivity index (χ0n) is 15.5. The Morgan fingerprint density at radius 2 is 1.30 bits per heavy atom. The molecule has 0 bridgehead atoms. The lowest BCUT2D eigenvalue weighted by molar-refractivity contribution is -0.116. The number of benzene rings is 2. The first-order chi connectivity index (χ1) is 13.0. The Morgan fingerprint density at radius 3 is 1.89 bits per heavy atom. The number of carbonyl (C=O) groups is 3. The number of nitrogens with one attached hydrogen (secondary N) is 4. The van der Waals surface area contributed by atoms with E-state index in [1.807, 2.05) is 13.0 Å². The molecular weight excluding hydrogens is 344 g/mol. The summed E-state index contributed by atoms with van der Waals surface area (Å²) < 4.78 is 0. The molecule has 2 rings (SSSR count). The quantitative estimate of drug-likeness (QED) is 0.573. The molecule has 142 valence electrons. The largest absolute Gasteiger partial charge is 0.376 e. The Balaban J connectivity index is 1.89. The summed E-state index contributed by atoms with van der Waals surface area (Å²) in [5, 5.41) is 11.3. The minimum atomic E-state index is -0.225. The Labute approximate surface area is 158 Å². The van der Waals surface area contributed by atoms with E-state index < -0.39 is 0 Å². The smallest absolute Gasteiger partial charge is 0.243 e. The molecule has 0 atom stereocenters. The number of hydrogen-bond donors (Lipinski definition) is 4. The van der Waals surface area contributed by atoms with Gasteiger partial charge in [-0.3, -0.25) is 14.4 Å². The van der Waals surface area contributed by atoms with Crippen molar-refractivity contribution >= 4 is 40.5 Å². The zero-order valence-corrected chi connectivity index (χ0v) is 15.5. The molecule has 0 radical (unpaired) electrons. The Hall–Kier alpha value is -3.35. The minimum Gasteiger partial charge on any atom is -0.376 e. The predicted octanol–water partition coefficient (Wildman–Crippen LogP) is 3.43. The molecule has 0 saturated heterocycles. The Bertz CT molecular complexity index is 820. The molecule has 0 saturated carbocycles.